The van der Waals surface area contributed by atoms with Gasteiger partial charge in [-0.05, 0) is 13.8 Å². The first kappa shape index (κ1) is 11.4. The number of hydrogen-bond donors (Lipinski definition) is 0. The fourth-order valence-corrected chi connectivity index (χ4v) is 2.70. The number of fused-ring (bicyclic) bond motifs is 2. The van der Waals surface area contributed by atoms with E-state index in [1.54, 1.807) is 14.2 Å². The zero-order valence-corrected chi connectivity index (χ0v) is 9.65. The summed E-state index contributed by atoms with van der Waals surface area (Å²) in [6.45, 7) is 4.37. The van der Waals surface area contributed by atoms with Crippen LogP contribution in [0.5, 0.6) is 0 Å². The highest BCUT2D eigenvalue weighted by Gasteiger charge is 2.69. The van der Waals surface area contributed by atoms with E-state index < -0.39 is 17.2 Å². The lowest BCUT2D eigenvalue weighted by Crippen LogP contribution is -2.58. The molecule has 0 saturated carbocycles. The van der Waals surface area contributed by atoms with Gasteiger partial charge < -0.3 is 18.9 Å². The molecule has 2 heterocycles. The van der Waals surface area contributed by atoms with Crippen LogP contribution in [0.15, 0.2) is 0 Å². The molecule has 4 nitrogen and oxygen atoms in total. The summed E-state index contributed by atoms with van der Waals surface area (Å²) in [5, 5.41) is 0. The highest BCUT2D eigenvalue weighted by atomic mass is 16.7. The summed E-state index contributed by atoms with van der Waals surface area (Å²) < 4.78 is 22.3. The van der Waals surface area contributed by atoms with Gasteiger partial charge in [0.15, 0.2) is 0 Å². The van der Waals surface area contributed by atoms with Crippen LogP contribution in [0, 0.1) is 0 Å². The lowest BCUT2D eigenvalue weighted by Gasteiger charge is -2.42. The maximum Gasteiger partial charge on any atom is 0.148 e. The normalized spacial score (nSPS) is 47.3. The van der Waals surface area contributed by atoms with Gasteiger partial charge in [-0.3, -0.25) is 0 Å². The molecule has 0 amide bonds. The Kier molecular flexibility index (Phi) is 2.62. The topological polar surface area (TPSA) is 36.9 Å². The molecular weight excluding hydrogens is 195 g/mol. The Morgan fingerprint density at radius 1 is 1.27 bits per heavy atom. The van der Waals surface area contributed by atoms with E-state index in [4.69, 9.17) is 26.8 Å². The van der Waals surface area contributed by atoms with Gasteiger partial charge >= 0.3 is 0 Å². The third kappa shape index (κ3) is 1.30. The van der Waals surface area contributed by atoms with Gasteiger partial charge in [0.2, 0.25) is 0 Å². The van der Waals surface area contributed by atoms with E-state index in [9.17, 15) is 0 Å². The second kappa shape index (κ2) is 3.45. The standard InChI is InChI=1S/C10H17BO4/c1-9(2)10(5-12-3)7(13-4)6(14-9)8(11)15-10/h6-8H,5H2,1-4H3/t6-,7?,8+,10+/m0/s1. The molecule has 4 atom stereocenters. The summed E-state index contributed by atoms with van der Waals surface area (Å²) in [5.41, 5.74) is -1.04. The Labute approximate surface area is 91.6 Å². The molecule has 1 unspecified atom stereocenters. The van der Waals surface area contributed by atoms with Gasteiger partial charge in [-0.2, -0.15) is 0 Å². The van der Waals surface area contributed by atoms with Crippen LogP contribution in [0.3, 0.4) is 0 Å². The Morgan fingerprint density at radius 2 is 1.93 bits per heavy atom. The summed E-state index contributed by atoms with van der Waals surface area (Å²) in [5.74, 6) is 0. The zero-order chi connectivity index (χ0) is 11.3. The highest BCUT2D eigenvalue weighted by molar-refractivity contribution is 6.11. The molecule has 2 fully saturated rings. The molecule has 0 aromatic rings. The SMILES string of the molecule is [B][C@@H]1O[C@]2(COC)C(OC)[C@@H]1OC2(C)C. The van der Waals surface area contributed by atoms with Crippen LogP contribution in [0.1, 0.15) is 13.8 Å². The summed E-state index contributed by atoms with van der Waals surface area (Å²) in [7, 11) is 9.12. The summed E-state index contributed by atoms with van der Waals surface area (Å²) in [4.78, 5) is 0. The van der Waals surface area contributed by atoms with E-state index in [-0.39, 0.29) is 12.2 Å². The molecule has 2 aliphatic heterocycles. The third-order valence-electron chi connectivity index (χ3n) is 3.49. The van der Waals surface area contributed by atoms with Crippen molar-refractivity contribution in [2.75, 3.05) is 20.8 Å². The quantitative estimate of drug-likeness (QED) is 0.621. The van der Waals surface area contributed by atoms with Crippen molar-refractivity contribution in [2.45, 2.75) is 43.3 Å². The van der Waals surface area contributed by atoms with Crippen LogP contribution in [-0.4, -0.2) is 58.1 Å². The lowest BCUT2D eigenvalue weighted by atomic mass is 9.84. The predicted molar refractivity (Wildman–Crippen MR) is 55.0 cm³/mol. The number of ether oxygens (including phenoxy) is 4. The molecule has 84 valence electrons. The van der Waals surface area contributed by atoms with Crippen LogP contribution >= 0.6 is 0 Å². The van der Waals surface area contributed by atoms with Gasteiger partial charge in [0.25, 0.3) is 0 Å². The van der Waals surface area contributed by atoms with Gasteiger partial charge in [-0.15, -0.1) is 0 Å². The monoisotopic (exact) mass is 212 g/mol. The molecule has 2 rings (SSSR count). The van der Waals surface area contributed by atoms with Gasteiger partial charge in [0.1, 0.15) is 25.7 Å². The van der Waals surface area contributed by atoms with E-state index in [1.807, 2.05) is 13.8 Å². The number of rotatable bonds is 3. The van der Waals surface area contributed by atoms with Gasteiger partial charge in [0, 0.05) is 20.2 Å². The van der Waals surface area contributed by atoms with E-state index in [0.29, 0.717) is 6.61 Å². The molecule has 0 spiro atoms. The lowest BCUT2D eigenvalue weighted by molar-refractivity contribution is -0.223. The smallest absolute Gasteiger partial charge is 0.148 e. The molecule has 5 heteroatoms. The van der Waals surface area contributed by atoms with Crippen LogP contribution in [0.4, 0.5) is 0 Å². The molecule has 2 saturated heterocycles. The molecule has 15 heavy (non-hydrogen) atoms. The van der Waals surface area contributed by atoms with Crippen LogP contribution < -0.4 is 0 Å². The van der Waals surface area contributed by atoms with Crippen molar-refractivity contribution in [3.63, 3.8) is 0 Å². The minimum absolute atomic E-state index is 0.164. The van der Waals surface area contributed by atoms with Crippen LogP contribution in [-0.2, 0) is 18.9 Å². The molecule has 0 aliphatic carbocycles. The zero-order valence-electron chi connectivity index (χ0n) is 9.65. The fraction of sp³-hybridized carbons (Fsp3) is 1.00. The van der Waals surface area contributed by atoms with E-state index in [0.717, 1.165) is 0 Å². The number of methoxy groups -OCH3 is 2. The first-order valence-electron chi connectivity index (χ1n) is 5.11. The summed E-state index contributed by atoms with van der Waals surface area (Å²) in [6, 6.07) is -0.432. The largest absolute Gasteiger partial charge is 0.381 e. The van der Waals surface area contributed by atoms with Crippen molar-refractivity contribution < 1.29 is 18.9 Å². The Bertz CT molecular complexity index is 258. The Morgan fingerprint density at radius 3 is 2.47 bits per heavy atom. The highest BCUT2D eigenvalue weighted by Crippen LogP contribution is 2.50. The maximum atomic E-state index is 5.86. The first-order chi connectivity index (χ1) is 6.98. The van der Waals surface area contributed by atoms with E-state index in [2.05, 4.69) is 0 Å². The molecule has 0 N–H and O–H groups in total. The second-order valence-electron chi connectivity index (χ2n) is 4.65. The Hall–Kier alpha value is -0.0951. The van der Waals surface area contributed by atoms with Crippen LogP contribution in [0.25, 0.3) is 0 Å². The summed E-state index contributed by atoms with van der Waals surface area (Å²) >= 11 is 0. The minimum atomic E-state index is -0.597. The van der Waals surface area contributed by atoms with E-state index in [1.165, 1.54) is 0 Å². The minimum Gasteiger partial charge on any atom is -0.381 e. The molecule has 2 radical (unpaired) electrons. The van der Waals surface area contributed by atoms with Crippen molar-refractivity contribution in [3.05, 3.63) is 0 Å². The molecule has 0 aromatic carbocycles. The van der Waals surface area contributed by atoms with Gasteiger partial charge in [0.05, 0.1) is 12.2 Å². The first-order valence-corrected chi connectivity index (χ1v) is 5.11. The van der Waals surface area contributed by atoms with Crippen molar-refractivity contribution in [1.82, 2.24) is 0 Å². The van der Waals surface area contributed by atoms with Crippen molar-refractivity contribution in [1.29, 1.82) is 0 Å². The average Bonchev–Trinajstić information content (AvgIpc) is 2.51. The van der Waals surface area contributed by atoms with E-state index >= 15 is 0 Å². The van der Waals surface area contributed by atoms with Crippen molar-refractivity contribution in [3.8, 4) is 0 Å². The second-order valence-corrected chi connectivity index (χ2v) is 4.65. The summed E-state index contributed by atoms with van der Waals surface area (Å²) in [6.07, 6.45) is -0.373. The molecule has 2 bridgehead atoms. The van der Waals surface area contributed by atoms with Gasteiger partial charge in [-0.25, -0.2) is 0 Å². The van der Waals surface area contributed by atoms with Gasteiger partial charge in [-0.1, -0.05) is 0 Å². The average molecular weight is 212 g/mol. The Balaban J connectivity index is 2.35. The predicted octanol–water partition coefficient (Wildman–Crippen LogP) is 0.0888. The fourth-order valence-electron chi connectivity index (χ4n) is 2.70. The molecule has 0 aromatic heterocycles. The molecule has 2 aliphatic rings. The maximum absolute atomic E-state index is 5.86. The third-order valence-corrected chi connectivity index (χ3v) is 3.49. The van der Waals surface area contributed by atoms with Crippen molar-refractivity contribution in [2.24, 2.45) is 0 Å². The molecular formula is C10H17BO4. The number of hydrogen-bond acceptors (Lipinski definition) is 4. The van der Waals surface area contributed by atoms with Crippen molar-refractivity contribution >= 4 is 7.85 Å². The van der Waals surface area contributed by atoms with Crippen LogP contribution in [0.2, 0.25) is 0 Å².